The summed E-state index contributed by atoms with van der Waals surface area (Å²) in [6.07, 6.45) is 2.26. The molecule has 2 amide bonds. The van der Waals surface area contributed by atoms with Gasteiger partial charge in [0.05, 0.1) is 6.21 Å². The van der Waals surface area contributed by atoms with E-state index in [0.29, 0.717) is 17.1 Å². The number of nitrogens with zero attached hydrogens (tertiary/aromatic N) is 1. The van der Waals surface area contributed by atoms with E-state index in [0.717, 1.165) is 12.0 Å². The summed E-state index contributed by atoms with van der Waals surface area (Å²) in [4.78, 5) is 25.0. The number of ether oxygens (including phenoxy) is 2. The zero-order valence-electron chi connectivity index (χ0n) is 15.8. The van der Waals surface area contributed by atoms with Crippen molar-refractivity contribution >= 4 is 18.0 Å². The molecule has 7 heteroatoms. The number of nitrogens with one attached hydrogen (secondary N) is 2. The zero-order chi connectivity index (χ0) is 19.9. The average molecular weight is 381 g/mol. The van der Waals surface area contributed by atoms with Crippen LogP contribution in [0.3, 0.4) is 0 Å². The molecule has 2 N–H and O–H groups in total. The Hall–Kier alpha value is -3.35. The van der Waals surface area contributed by atoms with Crippen LogP contribution < -0.4 is 20.2 Å². The third-order valence-electron chi connectivity index (χ3n) is 4.60. The van der Waals surface area contributed by atoms with Crippen LogP contribution >= 0.6 is 0 Å². The van der Waals surface area contributed by atoms with Crippen molar-refractivity contribution in [1.29, 1.82) is 0 Å². The van der Waals surface area contributed by atoms with Gasteiger partial charge < -0.3 is 14.8 Å². The highest BCUT2D eigenvalue weighted by Gasteiger charge is 2.26. The zero-order valence-corrected chi connectivity index (χ0v) is 15.8. The first-order chi connectivity index (χ1) is 13.6. The molecule has 1 aliphatic heterocycles. The lowest BCUT2D eigenvalue weighted by molar-refractivity contribution is -0.124. The minimum absolute atomic E-state index is 0.0478. The number of hydrogen-bond donors (Lipinski definition) is 2. The van der Waals surface area contributed by atoms with Crippen LogP contribution in [0.4, 0.5) is 0 Å². The SMILES string of the molecule is CCC(C)[C@H](NC(=O)c1ccccc1)C(=O)N/N=C\c1ccc2c(c1)OCO2. The van der Waals surface area contributed by atoms with E-state index in [9.17, 15) is 9.59 Å². The van der Waals surface area contributed by atoms with Gasteiger partial charge in [-0.3, -0.25) is 9.59 Å². The largest absolute Gasteiger partial charge is 0.454 e. The van der Waals surface area contributed by atoms with Crippen molar-refractivity contribution in [3.63, 3.8) is 0 Å². The number of amides is 2. The lowest BCUT2D eigenvalue weighted by Crippen LogP contribution is -2.49. The Labute approximate surface area is 163 Å². The number of carbonyl (C=O) groups excluding carboxylic acids is 2. The summed E-state index contributed by atoms with van der Waals surface area (Å²) in [5.41, 5.74) is 3.78. The molecular formula is C21H23N3O4. The van der Waals surface area contributed by atoms with Gasteiger partial charge in [-0.2, -0.15) is 5.10 Å². The molecule has 2 atom stereocenters. The predicted molar refractivity (Wildman–Crippen MR) is 105 cm³/mol. The van der Waals surface area contributed by atoms with Crippen molar-refractivity contribution in [2.24, 2.45) is 11.0 Å². The fourth-order valence-corrected chi connectivity index (χ4v) is 2.75. The number of fused-ring (bicyclic) bond motifs is 1. The summed E-state index contributed by atoms with van der Waals surface area (Å²) in [5.74, 6) is 0.620. The number of benzene rings is 2. The number of rotatable bonds is 7. The lowest BCUT2D eigenvalue weighted by Gasteiger charge is -2.22. The van der Waals surface area contributed by atoms with Gasteiger partial charge >= 0.3 is 0 Å². The second kappa shape index (κ2) is 9.03. The maximum Gasteiger partial charge on any atom is 0.262 e. The fourth-order valence-electron chi connectivity index (χ4n) is 2.75. The quantitative estimate of drug-likeness (QED) is 0.570. The summed E-state index contributed by atoms with van der Waals surface area (Å²) in [6, 6.07) is 13.5. The standard InChI is InChI=1S/C21H23N3O4/c1-3-14(2)19(23-20(25)16-7-5-4-6-8-16)21(26)24-22-12-15-9-10-17-18(11-15)28-13-27-17/h4-12,14,19H,3,13H2,1-2H3,(H,23,25)(H,24,26)/b22-12-/t14?,19-/m0/s1. The summed E-state index contributed by atoms with van der Waals surface area (Å²) in [6.45, 7) is 4.08. The molecule has 1 aliphatic rings. The molecule has 28 heavy (non-hydrogen) atoms. The molecule has 0 spiro atoms. The number of hydrazone groups is 1. The Balaban J connectivity index is 1.63. The third kappa shape index (κ3) is 4.68. The van der Waals surface area contributed by atoms with E-state index in [1.807, 2.05) is 26.0 Å². The molecule has 0 aromatic heterocycles. The predicted octanol–water partition coefficient (Wildman–Crippen LogP) is 2.71. The Morgan fingerprint density at radius 3 is 2.64 bits per heavy atom. The summed E-state index contributed by atoms with van der Waals surface area (Å²) in [5, 5.41) is 6.82. The van der Waals surface area contributed by atoms with E-state index in [1.165, 1.54) is 6.21 Å². The smallest absolute Gasteiger partial charge is 0.262 e. The van der Waals surface area contributed by atoms with E-state index >= 15 is 0 Å². The lowest BCUT2D eigenvalue weighted by atomic mass is 9.98. The van der Waals surface area contributed by atoms with Gasteiger partial charge in [0.15, 0.2) is 11.5 Å². The molecule has 0 bridgehead atoms. The van der Waals surface area contributed by atoms with Crippen LogP contribution in [0.1, 0.15) is 36.2 Å². The van der Waals surface area contributed by atoms with E-state index in [1.54, 1.807) is 36.4 Å². The van der Waals surface area contributed by atoms with Crippen molar-refractivity contribution in [3.8, 4) is 11.5 Å². The van der Waals surface area contributed by atoms with E-state index < -0.39 is 6.04 Å². The first-order valence-electron chi connectivity index (χ1n) is 9.17. The van der Waals surface area contributed by atoms with Gasteiger partial charge in [-0.15, -0.1) is 0 Å². The molecule has 7 nitrogen and oxygen atoms in total. The molecule has 0 aliphatic carbocycles. The van der Waals surface area contributed by atoms with Crippen LogP contribution in [0.2, 0.25) is 0 Å². The van der Waals surface area contributed by atoms with Crippen molar-refractivity contribution in [2.75, 3.05) is 6.79 Å². The van der Waals surface area contributed by atoms with E-state index in [4.69, 9.17) is 9.47 Å². The molecule has 3 rings (SSSR count). The third-order valence-corrected chi connectivity index (χ3v) is 4.60. The summed E-state index contributed by atoms with van der Waals surface area (Å²) < 4.78 is 10.6. The molecule has 0 fully saturated rings. The highest BCUT2D eigenvalue weighted by atomic mass is 16.7. The molecule has 0 radical (unpaired) electrons. The van der Waals surface area contributed by atoms with Crippen LogP contribution in [0, 0.1) is 5.92 Å². The maximum atomic E-state index is 12.6. The number of carbonyl (C=O) groups is 2. The maximum absolute atomic E-state index is 12.6. The fraction of sp³-hybridized carbons (Fsp3) is 0.286. The molecule has 2 aromatic carbocycles. The highest BCUT2D eigenvalue weighted by Crippen LogP contribution is 2.31. The van der Waals surface area contributed by atoms with Crippen LogP contribution in [-0.4, -0.2) is 30.9 Å². The van der Waals surface area contributed by atoms with Crippen LogP contribution in [0.25, 0.3) is 0 Å². The van der Waals surface area contributed by atoms with Crippen LogP contribution in [0.5, 0.6) is 11.5 Å². The second-order valence-electron chi connectivity index (χ2n) is 6.55. The average Bonchev–Trinajstić information content (AvgIpc) is 3.19. The number of hydrogen-bond acceptors (Lipinski definition) is 5. The van der Waals surface area contributed by atoms with Gasteiger partial charge in [-0.05, 0) is 41.8 Å². The molecule has 1 heterocycles. The van der Waals surface area contributed by atoms with Gasteiger partial charge in [0, 0.05) is 5.56 Å². The van der Waals surface area contributed by atoms with Crippen molar-refractivity contribution in [2.45, 2.75) is 26.3 Å². The molecule has 1 unspecified atom stereocenters. The van der Waals surface area contributed by atoms with Crippen molar-refractivity contribution in [3.05, 3.63) is 59.7 Å². The topological polar surface area (TPSA) is 89.0 Å². The van der Waals surface area contributed by atoms with E-state index in [-0.39, 0.29) is 24.5 Å². The van der Waals surface area contributed by atoms with Gasteiger partial charge in [0.25, 0.3) is 11.8 Å². The highest BCUT2D eigenvalue weighted by molar-refractivity contribution is 5.97. The molecular weight excluding hydrogens is 358 g/mol. The first-order valence-corrected chi connectivity index (χ1v) is 9.17. The van der Waals surface area contributed by atoms with E-state index in [2.05, 4.69) is 15.8 Å². The van der Waals surface area contributed by atoms with Crippen LogP contribution in [-0.2, 0) is 4.79 Å². The van der Waals surface area contributed by atoms with Gasteiger partial charge in [0.2, 0.25) is 6.79 Å². The normalized spacial score (nSPS) is 14.5. The van der Waals surface area contributed by atoms with Crippen molar-refractivity contribution < 1.29 is 19.1 Å². The summed E-state index contributed by atoms with van der Waals surface area (Å²) >= 11 is 0. The molecule has 0 saturated carbocycles. The second-order valence-corrected chi connectivity index (χ2v) is 6.55. The Kier molecular flexibility index (Phi) is 6.26. The molecule has 146 valence electrons. The minimum atomic E-state index is -0.688. The van der Waals surface area contributed by atoms with Gasteiger partial charge in [-0.1, -0.05) is 38.5 Å². The van der Waals surface area contributed by atoms with Gasteiger partial charge in [-0.25, -0.2) is 5.43 Å². The van der Waals surface area contributed by atoms with Crippen molar-refractivity contribution in [1.82, 2.24) is 10.7 Å². The molecule has 2 aromatic rings. The first kappa shape index (κ1) is 19.4. The minimum Gasteiger partial charge on any atom is -0.454 e. The monoisotopic (exact) mass is 381 g/mol. The Morgan fingerprint density at radius 1 is 1.14 bits per heavy atom. The van der Waals surface area contributed by atoms with Gasteiger partial charge in [0.1, 0.15) is 6.04 Å². The van der Waals surface area contributed by atoms with Crippen LogP contribution in [0.15, 0.2) is 53.6 Å². The Morgan fingerprint density at radius 2 is 1.89 bits per heavy atom. The Bertz CT molecular complexity index is 867. The molecule has 0 saturated heterocycles. The summed E-state index contributed by atoms with van der Waals surface area (Å²) in [7, 11) is 0.